The van der Waals surface area contributed by atoms with Crippen LogP contribution in [0.3, 0.4) is 0 Å². The summed E-state index contributed by atoms with van der Waals surface area (Å²) in [5.41, 5.74) is 5.87. The highest BCUT2D eigenvalue weighted by Crippen LogP contribution is 2.47. The molecule has 2 fully saturated rings. The molecule has 11 nitrogen and oxygen atoms in total. The Labute approximate surface area is 305 Å². The Morgan fingerprint density at radius 1 is 0.980 bits per heavy atom. The standard InChI is InChI=1S/C39H51N5O6S/c1-39(2,3)50-38(47)43-20-18-42(19-21-43)17-16-41(4)51-40-36(45)27-12-14-32-33(24-27)44-25-29(37(46)49-6)22-28-23-30(48-5)13-15-31(28)35(44)34(32)26-10-8-7-9-11-26/h12-15,22-24,26H,7-11,16-21,25H2,1-6H3,(H,40,45). The first-order valence-electron chi connectivity index (χ1n) is 18.0. The summed E-state index contributed by atoms with van der Waals surface area (Å²) in [6.45, 7) is 10.3. The second-order valence-electron chi connectivity index (χ2n) is 14.7. The average Bonchev–Trinajstić information content (AvgIpc) is 3.34. The summed E-state index contributed by atoms with van der Waals surface area (Å²) in [5.74, 6) is 0.546. The van der Waals surface area contributed by atoms with Crippen LogP contribution >= 0.6 is 12.1 Å². The third-order valence-electron chi connectivity index (χ3n) is 10.0. The van der Waals surface area contributed by atoms with E-state index in [1.54, 1.807) is 12.0 Å². The summed E-state index contributed by atoms with van der Waals surface area (Å²) in [5, 5.41) is 1.12. The molecule has 2 aromatic carbocycles. The number of carbonyl (C=O) groups excluding carboxylic acids is 3. The number of nitrogens with zero attached hydrogens (tertiary/aromatic N) is 4. The van der Waals surface area contributed by atoms with Crippen molar-refractivity contribution >= 4 is 47.1 Å². The zero-order valence-electron chi connectivity index (χ0n) is 30.8. The van der Waals surface area contributed by atoms with E-state index in [0.29, 0.717) is 36.7 Å². The minimum Gasteiger partial charge on any atom is -0.497 e. The number of esters is 1. The van der Waals surface area contributed by atoms with Gasteiger partial charge in [-0.3, -0.25) is 14.4 Å². The van der Waals surface area contributed by atoms with Crippen molar-refractivity contribution in [3.05, 3.63) is 58.7 Å². The SMILES string of the molecule is COC(=O)C1=Cc2cc(OC)ccc2-c2c(C3CCCCC3)c3ccc(C(=O)NSN(C)CCN4CCN(C(=O)OC(C)(C)C)CC4)cc3n2C1. The molecule has 3 aliphatic rings. The summed E-state index contributed by atoms with van der Waals surface area (Å²) >= 11 is 1.28. The highest BCUT2D eigenvalue weighted by Gasteiger charge is 2.31. The first-order valence-corrected chi connectivity index (χ1v) is 18.7. The van der Waals surface area contributed by atoms with E-state index in [-0.39, 0.29) is 18.0 Å². The van der Waals surface area contributed by atoms with Crippen molar-refractivity contribution in [3.8, 4) is 17.0 Å². The Balaban J connectivity index is 1.19. The van der Waals surface area contributed by atoms with Gasteiger partial charge in [-0.25, -0.2) is 13.9 Å². The second-order valence-corrected chi connectivity index (χ2v) is 15.7. The molecule has 51 heavy (non-hydrogen) atoms. The van der Waals surface area contributed by atoms with Crippen LogP contribution in [0, 0.1) is 0 Å². The van der Waals surface area contributed by atoms with Crippen LogP contribution in [0.2, 0.25) is 0 Å². The lowest BCUT2D eigenvalue weighted by Crippen LogP contribution is -2.51. The number of hydrogen-bond acceptors (Lipinski definition) is 9. The van der Waals surface area contributed by atoms with Crippen molar-refractivity contribution in [1.82, 2.24) is 23.4 Å². The maximum atomic E-state index is 13.6. The van der Waals surface area contributed by atoms with Crippen LogP contribution in [0.15, 0.2) is 42.0 Å². The van der Waals surface area contributed by atoms with Crippen molar-refractivity contribution in [3.63, 3.8) is 0 Å². The number of rotatable bonds is 9. The van der Waals surface area contributed by atoms with E-state index >= 15 is 0 Å². The molecule has 0 unspecified atom stereocenters. The molecule has 274 valence electrons. The van der Waals surface area contributed by atoms with Gasteiger partial charge in [0.1, 0.15) is 11.4 Å². The molecule has 1 aromatic heterocycles. The molecular formula is C39H51N5O6S. The summed E-state index contributed by atoms with van der Waals surface area (Å²) in [7, 11) is 5.02. The van der Waals surface area contributed by atoms with Crippen LogP contribution in [0.5, 0.6) is 5.75 Å². The largest absolute Gasteiger partial charge is 0.497 e. The lowest BCUT2D eigenvalue weighted by Gasteiger charge is -2.36. The van der Waals surface area contributed by atoms with E-state index in [4.69, 9.17) is 14.2 Å². The second kappa shape index (κ2) is 15.7. The molecule has 1 saturated heterocycles. The van der Waals surface area contributed by atoms with Gasteiger partial charge in [0.2, 0.25) is 0 Å². The molecule has 2 aliphatic heterocycles. The van der Waals surface area contributed by atoms with Gasteiger partial charge in [0.25, 0.3) is 5.91 Å². The Kier molecular flexibility index (Phi) is 11.3. The van der Waals surface area contributed by atoms with Crippen LogP contribution in [0.4, 0.5) is 4.79 Å². The Morgan fingerprint density at radius 3 is 2.41 bits per heavy atom. The fourth-order valence-electron chi connectivity index (χ4n) is 7.42. The number of benzene rings is 2. The van der Waals surface area contributed by atoms with Gasteiger partial charge in [-0.15, -0.1) is 0 Å². The first-order chi connectivity index (χ1) is 24.5. The van der Waals surface area contributed by atoms with Gasteiger partial charge >= 0.3 is 12.1 Å². The molecule has 0 bridgehead atoms. The van der Waals surface area contributed by atoms with E-state index in [9.17, 15) is 14.4 Å². The van der Waals surface area contributed by atoms with E-state index in [2.05, 4.69) is 26.3 Å². The number of piperazine rings is 1. The topological polar surface area (TPSA) is 106 Å². The van der Waals surface area contributed by atoms with Gasteiger partial charge in [0.15, 0.2) is 0 Å². The zero-order chi connectivity index (χ0) is 36.3. The maximum absolute atomic E-state index is 13.6. The fraction of sp³-hybridized carbons (Fsp3) is 0.513. The fourth-order valence-corrected chi connectivity index (χ4v) is 7.95. The Bertz CT molecular complexity index is 1800. The minimum absolute atomic E-state index is 0.183. The number of ether oxygens (including phenoxy) is 3. The van der Waals surface area contributed by atoms with Gasteiger partial charge < -0.3 is 23.7 Å². The van der Waals surface area contributed by atoms with Crippen molar-refractivity contribution < 1.29 is 28.6 Å². The number of methoxy groups -OCH3 is 2. The summed E-state index contributed by atoms with van der Waals surface area (Å²) in [4.78, 5) is 43.2. The Morgan fingerprint density at radius 2 is 1.73 bits per heavy atom. The monoisotopic (exact) mass is 717 g/mol. The van der Waals surface area contributed by atoms with E-state index in [1.807, 2.05) is 62.5 Å². The Hall–Kier alpha value is -4.00. The molecule has 12 heteroatoms. The maximum Gasteiger partial charge on any atom is 0.410 e. The van der Waals surface area contributed by atoms with E-state index in [1.165, 1.54) is 44.1 Å². The highest BCUT2D eigenvalue weighted by atomic mass is 32.2. The van der Waals surface area contributed by atoms with Gasteiger partial charge in [0, 0.05) is 73.4 Å². The van der Waals surface area contributed by atoms with Crippen LogP contribution in [-0.4, -0.2) is 103 Å². The van der Waals surface area contributed by atoms with E-state index in [0.717, 1.165) is 72.5 Å². The molecule has 1 N–H and O–H groups in total. The summed E-state index contributed by atoms with van der Waals surface area (Å²) in [6, 6.07) is 12.0. The minimum atomic E-state index is -0.504. The molecular weight excluding hydrogens is 667 g/mol. The van der Waals surface area contributed by atoms with E-state index < -0.39 is 5.60 Å². The quantitative estimate of drug-likeness (QED) is 0.191. The van der Waals surface area contributed by atoms with Crippen LogP contribution < -0.4 is 9.46 Å². The summed E-state index contributed by atoms with van der Waals surface area (Å²) < 4.78 is 23.6. The molecule has 0 radical (unpaired) electrons. The van der Waals surface area contributed by atoms with Gasteiger partial charge in [-0.05, 0) is 94.1 Å². The molecule has 6 rings (SSSR count). The van der Waals surface area contributed by atoms with Crippen LogP contribution in [0.1, 0.15) is 80.3 Å². The van der Waals surface area contributed by atoms with Crippen molar-refractivity contribution in [1.29, 1.82) is 0 Å². The smallest absolute Gasteiger partial charge is 0.410 e. The molecule has 0 atom stereocenters. The number of fused-ring (bicyclic) bond motifs is 5. The first kappa shape index (κ1) is 36.8. The predicted molar refractivity (Wildman–Crippen MR) is 202 cm³/mol. The lowest BCUT2D eigenvalue weighted by molar-refractivity contribution is -0.136. The molecule has 1 aliphatic carbocycles. The third-order valence-corrected chi connectivity index (χ3v) is 10.8. The number of likely N-dealkylation sites (N-methyl/N-ethyl adjacent to an activating group) is 1. The summed E-state index contributed by atoms with van der Waals surface area (Å²) in [6.07, 6.45) is 7.49. The van der Waals surface area contributed by atoms with Crippen LogP contribution in [-0.2, 0) is 20.8 Å². The molecule has 3 heterocycles. The molecule has 1 saturated carbocycles. The average molecular weight is 718 g/mol. The van der Waals surface area contributed by atoms with Crippen molar-refractivity contribution in [2.24, 2.45) is 0 Å². The molecule has 2 amide bonds. The van der Waals surface area contributed by atoms with Crippen molar-refractivity contribution in [2.75, 3.05) is 60.5 Å². The van der Waals surface area contributed by atoms with Crippen molar-refractivity contribution in [2.45, 2.75) is 70.9 Å². The van der Waals surface area contributed by atoms with Gasteiger partial charge in [0.05, 0.1) is 32.0 Å². The lowest BCUT2D eigenvalue weighted by atomic mass is 9.81. The number of aromatic nitrogens is 1. The zero-order valence-corrected chi connectivity index (χ0v) is 31.6. The van der Waals surface area contributed by atoms with Crippen LogP contribution in [0.25, 0.3) is 28.2 Å². The third kappa shape index (κ3) is 8.39. The predicted octanol–water partition coefficient (Wildman–Crippen LogP) is 6.71. The number of nitrogens with one attached hydrogen (secondary N) is 1. The molecule has 3 aromatic rings. The highest BCUT2D eigenvalue weighted by molar-refractivity contribution is 7.95. The number of hydrogen-bond donors (Lipinski definition) is 1. The number of carbonyl (C=O) groups is 3. The van der Waals surface area contributed by atoms with Gasteiger partial charge in [-0.1, -0.05) is 25.3 Å². The normalized spacial score (nSPS) is 17.0. The number of amides is 2. The molecule has 0 spiro atoms. The van der Waals surface area contributed by atoms with Gasteiger partial charge in [-0.2, -0.15) is 0 Å².